The standard InChI is InChI=1S/C18H34N2O4/c1-4-5-6-7-8-9-10-11-12-13-16(21)20(3,15-18(23)24)17(22)14-19-2/h19H,4-15H2,1-3H3/p+1. The smallest absolute Gasteiger partial charge is 0.360 e. The van der Waals surface area contributed by atoms with E-state index in [1.54, 1.807) is 7.05 Å². The van der Waals surface area contributed by atoms with Gasteiger partial charge in [0.05, 0.1) is 13.5 Å². The molecular formula is C18H35N2O4+. The number of quaternary nitrogens is 1. The molecule has 140 valence electrons. The van der Waals surface area contributed by atoms with Gasteiger partial charge in [-0.05, 0) is 13.5 Å². The summed E-state index contributed by atoms with van der Waals surface area (Å²) in [4.78, 5) is 35.5. The van der Waals surface area contributed by atoms with Crippen LogP contribution in [0.5, 0.6) is 0 Å². The third-order valence-electron chi connectivity index (χ3n) is 4.37. The molecule has 0 aliphatic carbocycles. The highest BCUT2D eigenvalue weighted by Crippen LogP contribution is 2.14. The lowest BCUT2D eigenvalue weighted by Crippen LogP contribution is -2.58. The molecule has 0 saturated carbocycles. The van der Waals surface area contributed by atoms with Crippen LogP contribution in [0.15, 0.2) is 0 Å². The Kier molecular flexibility index (Phi) is 12.4. The van der Waals surface area contributed by atoms with E-state index in [4.69, 9.17) is 5.11 Å². The number of imide groups is 1. The largest absolute Gasteiger partial charge is 0.477 e. The monoisotopic (exact) mass is 343 g/mol. The fraction of sp³-hybridized carbons (Fsp3) is 0.833. The van der Waals surface area contributed by atoms with Crippen LogP contribution < -0.4 is 5.32 Å². The van der Waals surface area contributed by atoms with Crippen molar-refractivity contribution >= 4 is 17.8 Å². The van der Waals surface area contributed by atoms with Gasteiger partial charge in [0, 0.05) is 0 Å². The Morgan fingerprint density at radius 1 is 0.875 bits per heavy atom. The van der Waals surface area contributed by atoms with Crippen molar-refractivity contribution in [2.24, 2.45) is 0 Å². The minimum Gasteiger partial charge on any atom is -0.477 e. The summed E-state index contributed by atoms with van der Waals surface area (Å²) in [6, 6.07) is 0. The highest BCUT2D eigenvalue weighted by Gasteiger charge is 2.40. The van der Waals surface area contributed by atoms with Crippen molar-refractivity contribution in [2.45, 2.75) is 71.1 Å². The van der Waals surface area contributed by atoms with Crippen molar-refractivity contribution < 1.29 is 24.0 Å². The number of carbonyl (C=O) groups is 3. The van der Waals surface area contributed by atoms with Crippen LogP contribution in [0.3, 0.4) is 0 Å². The molecule has 0 fully saturated rings. The molecule has 0 saturated heterocycles. The first-order valence-electron chi connectivity index (χ1n) is 9.17. The molecule has 1 atom stereocenters. The predicted octanol–water partition coefficient (Wildman–Crippen LogP) is 2.71. The Morgan fingerprint density at radius 2 is 1.38 bits per heavy atom. The number of carboxylic acids is 1. The number of hydrogen-bond acceptors (Lipinski definition) is 4. The lowest BCUT2D eigenvalue weighted by molar-refractivity contribution is -0.749. The highest BCUT2D eigenvalue weighted by atomic mass is 16.4. The Bertz CT molecular complexity index is 398. The van der Waals surface area contributed by atoms with Crippen LogP contribution in [0.25, 0.3) is 0 Å². The molecule has 0 rings (SSSR count). The van der Waals surface area contributed by atoms with Gasteiger partial charge in [0.2, 0.25) is 0 Å². The van der Waals surface area contributed by atoms with Gasteiger partial charge in [-0.25, -0.2) is 14.4 Å². The summed E-state index contributed by atoms with van der Waals surface area (Å²) < 4.78 is -0.660. The molecule has 2 amide bonds. The Balaban J connectivity index is 4.15. The molecule has 6 heteroatoms. The molecule has 0 aliphatic heterocycles. The van der Waals surface area contributed by atoms with Gasteiger partial charge in [0.1, 0.15) is 6.54 Å². The van der Waals surface area contributed by atoms with Gasteiger partial charge in [-0.2, -0.15) is 4.48 Å². The van der Waals surface area contributed by atoms with E-state index in [1.807, 2.05) is 0 Å². The van der Waals surface area contributed by atoms with E-state index in [0.29, 0.717) is 6.42 Å². The van der Waals surface area contributed by atoms with Crippen molar-refractivity contribution in [3.8, 4) is 0 Å². The summed E-state index contributed by atoms with van der Waals surface area (Å²) in [5, 5.41) is 11.7. The number of unbranched alkanes of at least 4 members (excludes halogenated alkanes) is 8. The topological polar surface area (TPSA) is 83.5 Å². The first-order chi connectivity index (χ1) is 11.4. The van der Waals surface area contributed by atoms with Crippen LogP contribution >= 0.6 is 0 Å². The molecule has 0 bridgehead atoms. The van der Waals surface area contributed by atoms with Crippen molar-refractivity contribution in [1.29, 1.82) is 0 Å². The molecule has 0 aromatic heterocycles. The molecule has 0 aliphatic rings. The van der Waals surface area contributed by atoms with Crippen LogP contribution in [0.1, 0.15) is 71.1 Å². The summed E-state index contributed by atoms with van der Waals surface area (Å²) >= 11 is 0. The second-order valence-corrected chi connectivity index (χ2v) is 6.64. The molecular weight excluding hydrogens is 308 g/mol. The van der Waals surface area contributed by atoms with Crippen LogP contribution in [-0.2, 0) is 14.4 Å². The average molecular weight is 343 g/mol. The second kappa shape index (κ2) is 13.1. The van der Waals surface area contributed by atoms with Crippen LogP contribution in [0.2, 0.25) is 0 Å². The number of nitrogens with zero attached hydrogens (tertiary/aromatic N) is 1. The summed E-state index contributed by atoms with van der Waals surface area (Å²) in [5.41, 5.74) is 0. The van der Waals surface area contributed by atoms with Gasteiger partial charge >= 0.3 is 17.8 Å². The molecule has 0 aromatic rings. The van der Waals surface area contributed by atoms with Crippen LogP contribution in [0.4, 0.5) is 0 Å². The minimum absolute atomic E-state index is 0.00667. The van der Waals surface area contributed by atoms with E-state index in [-0.39, 0.29) is 18.9 Å². The molecule has 0 aromatic carbocycles. The fourth-order valence-electron chi connectivity index (χ4n) is 2.75. The summed E-state index contributed by atoms with van der Waals surface area (Å²) in [6.07, 6.45) is 10.6. The van der Waals surface area contributed by atoms with Crippen molar-refractivity contribution in [2.75, 3.05) is 27.2 Å². The summed E-state index contributed by atoms with van der Waals surface area (Å²) in [6.45, 7) is 1.71. The van der Waals surface area contributed by atoms with Crippen molar-refractivity contribution in [1.82, 2.24) is 5.32 Å². The molecule has 24 heavy (non-hydrogen) atoms. The number of nitrogens with one attached hydrogen (secondary N) is 1. The second-order valence-electron chi connectivity index (χ2n) is 6.64. The maximum absolute atomic E-state index is 12.4. The first kappa shape index (κ1) is 22.7. The van der Waals surface area contributed by atoms with E-state index < -0.39 is 22.9 Å². The molecule has 0 heterocycles. The molecule has 0 radical (unpaired) electrons. The molecule has 1 unspecified atom stereocenters. The van der Waals surface area contributed by atoms with Crippen LogP contribution in [-0.4, -0.2) is 54.6 Å². The number of hydrogen-bond donors (Lipinski definition) is 2. The summed E-state index contributed by atoms with van der Waals surface area (Å²) in [7, 11) is 3.01. The lowest BCUT2D eigenvalue weighted by Gasteiger charge is -2.27. The minimum atomic E-state index is -1.14. The van der Waals surface area contributed by atoms with Crippen LogP contribution in [0, 0.1) is 0 Å². The van der Waals surface area contributed by atoms with Gasteiger partial charge in [-0.15, -0.1) is 0 Å². The highest BCUT2D eigenvalue weighted by molar-refractivity contribution is 5.88. The van der Waals surface area contributed by atoms with E-state index in [2.05, 4.69) is 12.2 Å². The van der Waals surface area contributed by atoms with Crippen molar-refractivity contribution in [3.63, 3.8) is 0 Å². The number of amides is 2. The normalized spacial score (nSPS) is 13.5. The predicted molar refractivity (Wildman–Crippen MR) is 94.5 cm³/mol. The number of likely N-dealkylation sites (N-methyl/N-ethyl adjacent to an activating group) is 2. The third-order valence-corrected chi connectivity index (χ3v) is 4.37. The Labute approximate surface area is 146 Å². The average Bonchev–Trinajstić information content (AvgIpc) is 2.52. The molecule has 6 nitrogen and oxygen atoms in total. The number of rotatable bonds is 14. The number of aliphatic carboxylic acids is 1. The van der Waals surface area contributed by atoms with Gasteiger partial charge < -0.3 is 10.4 Å². The number of carboxylic acid groups (broad SMARTS) is 1. The van der Waals surface area contributed by atoms with Gasteiger partial charge in [0.25, 0.3) is 0 Å². The maximum atomic E-state index is 12.4. The zero-order chi connectivity index (χ0) is 18.4. The SMILES string of the molecule is CCCCCCCCCCCC(=O)[N+](C)(CC(=O)O)C(=O)CNC. The van der Waals surface area contributed by atoms with E-state index in [0.717, 1.165) is 12.8 Å². The Morgan fingerprint density at radius 3 is 1.83 bits per heavy atom. The number of carbonyl (C=O) groups excluding carboxylic acids is 2. The fourth-order valence-corrected chi connectivity index (χ4v) is 2.75. The van der Waals surface area contributed by atoms with Gasteiger partial charge in [-0.1, -0.05) is 58.3 Å². The molecule has 2 N–H and O–H groups in total. The van der Waals surface area contributed by atoms with Gasteiger partial charge in [0.15, 0.2) is 6.54 Å². The van der Waals surface area contributed by atoms with Crippen molar-refractivity contribution in [3.05, 3.63) is 0 Å². The lowest BCUT2D eigenvalue weighted by atomic mass is 10.1. The third kappa shape index (κ3) is 9.13. The zero-order valence-corrected chi connectivity index (χ0v) is 15.6. The van der Waals surface area contributed by atoms with Gasteiger partial charge in [-0.3, -0.25) is 0 Å². The zero-order valence-electron chi connectivity index (χ0n) is 15.6. The summed E-state index contributed by atoms with van der Waals surface area (Å²) in [5.74, 6) is -1.84. The molecule has 0 spiro atoms. The Hall–Kier alpha value is -1.27. The van der Waals surface area contributed by atoms with E-state index in [1.165, 1.54) is 45.6 Å². The quantitative estimate of drug-likeness (QED) is 0.374. The van der Waals surface area contributed by atoms with E-state index in [9.17, 15) is 14.4 Å². The van der Waals surface area contributed by atoms with E-state index >= 15 is 0 Å². The maximum Gasteiger partial charge on any atom is 0.360 e. The first-order valence-corrected chi connectivity index (χ1v) is 9.17.